The van der Waals surface area contributed by atoms with Gasteiger partial charge in [-0.05, 0) is 33.1 Å². The van der Waals surface area contributed by atoms with Crippen LogP contribution in [0.25, 0.3) is 0 Å². The van der Waals surface area contributed by atoms with E-state index in [1.165, 1.54) is 0 Å². The van der Waals surface area contributed by atoms with E-state index in [0.717, 1.165) is 19.3 Å². The van der Waals surface area contributed by atoms with E-state index in [9.17, 15) is 4.79 Å². The van der Waals surface area contributed by atoms with Gasteiger partial charge in [0.2, 0.25) is 5.91 Å². The number of carbonyl (C=O) groups excluding carboxylic acids is 1. The third-order valence-corrected chi connectivity index (χ3v) is 2.92. The summed E-state index contributed by atoms with van der Waals surface area (Å²) < 4.78 is 0. The van der Waals surface area contributed by atoms with Crippen molar-refractivity contribution in [1.29, 1.82) is 0 Å². The second-order valence-electron chi connectivity index (χ2n) is 4.46. The van der Waals surface area contributed by atoms with E-state index in [-0.39, 0.29) is 5.91 Å². The fourth-order valence-electron chi connectivity index (χ4n) is 2.21. The Balaban J connectivity index is 2.54. The summed E-state index contributed by atoms with van der Waals surface area (Å²) in [4.78, 5) is 13.1. The van der Waals surface area contributed by atoms with Gasteiger partial charge >= 0.3 is 0 Å². The largest absolute Gasteiger partial charge is 0.369 e. The number of amides is 1. The zero-order valence-corrected chi connectivity index (χ0v) is 9.07. The summed E-state index contributed by atoms with van der Waals surface area (Å²) >= 11 is 0. The first-order chi connectivity index (χ1) is 6.50. The van der Waals surface area contributed by atoms with E-state index < -0.39 is 0 Å². The second-order valence-corrected chi connectivity index (χ2v) is 4.46. The number of rotatable bonds is 4. The lowest BCUT2D eigenvalue weighted by molar-refractivity contribution is -0.120. The number of nitrogens with two attached hydrogens (primary N) is 2. The minimum Gasteiger partial charge on any atom is -0.369 e. The monoisotopic (exact) mass is 199 g/mol. The van der Waals surface area contributed by atoms with Crippen LogP contribution >= 0.6 is 0 Å². The molecule has 1 aliphatic rings. The molecule has 0 aromatic carbocycles. The molecule has 0 aromatic rings. The fourth-order valence-corrected chi connectivity index (χ4v) is 2.21. The minimum atomic E-state index is -0.251. The fraction of sp³-hybridized carbons (Fsp3) is 0.900. The molecule has 0 saturated heterocycles. The Morgan fingerprint density at radius 2 is 2.14 bits per heavy atom. The summed E-state index contributed by atoms with van der Waals surface area (Å²) in [5, 5.41) is 0. The highest BCUT2D eigenvalue weighted by Gasteiger charge is 2.29. The molecule has 1 fully saturated rings. The summed E-state index contributed by atoms with van der Waals surface area (Å²) in [6.07, 6.45) is 3.14. The van der Waals surface area contributed by atoms with E-state index in [4.69, 9.17) is 11.5 Å². The maximum atomic E-state index is 10.9. The Labute approximate surface area is 85.6 Å². The van der Waals surface area contributed by atoms with Crippen LogP contribution in [0.15, 0.2) is 0 Å². The maximum Gasteiger partial charge on any atom is 0.231 e. The lowest BCUT2D eigenvalue weighted by Gasteiger charge is -2.31. The van der Waals surface area contributed by atoms with Gasteiger partial charge in [-0.1, -0.05) is 0 Å². The number of primary amides is 1. The Morgan fingerprint density at radius 1 is 1.50 bits per heavy atom. The first-order valence-electron chi connectivity index (χ1n) is 5.30. The molecule has 0 aromatic heterocycles. The molecule has 2 atom stereocenters. The smallest absolute Gasteiger partial charge is 0.231 e. The predicted octanol–water partition coefficient (Wildman–Crippen LogP) is 0.0619. The van der Waals surface area contributed by atoms with Gasteiger partial charge in [0.1, 0.15) is 0 Å². The molecule has 82 valence electrons. The standard InChI is InChI=1S/C10H21N3O/c1-7(2)13(6-10(12)14)9-4-3-8(11)5-9/h7-9H,3-6,11H2,1-2H3,(H2,12,14). The van der Waals surface area contributed by atoms with Gasteiger partial charge in [-0.15, -0.1) is 0 Å². The van der Waals surface area contributed by atoms with Crippen LogP contribution in [-0.2, 0) is 4.79 Å². The van der Waals surface area contributed by atoms with Crippen molar-refractivity contribution in [2.75, 3.05) is 6.54 Å². The van der Waals surface area contributed by atoms with Crippen molar-refractivity contribution in [3.8, 4) is 0 Å². The lowest BCUT2D eigenvalue weighted by Crippen LogP contribution is -2.44. The van der Waals surface area contributed by atoms with Crippen LogP contribution in [0.1, 0.15) is 33.1 Å². The zero-order valence-electron chi connectivity index (χ0n) is 9.07. The Morgan fingerprint density at radius 3 is 2.50 bits per heavy atom. The van der Waals surface area contributed by atoms with Crippen LogP contribution in [-0.4, -0.2) is 35.5 Å². The van der Waals surface area contributed by atoms with Gasteiger partial charge in [0.25, 0.3) is 0 Å². The molecule has 2 unspecified atom stereocenters. The zero-order chi connectivity index (χ0) is 10.7. The Hall–Kier alpha value is -0.610. The quantitative estimate of drug-likeness (QED) is 0.672. The van der Waals surface area contributed by atoms with Crippen molar-refractivity contribution < 1.29 is 4.79 Å². The maximum absolute atomic E-state index is 10.9. The molecule has 0 heterocycles. The van der Waals surface area contributed by atoms with Crippen molar-refractivity contribution in [3.63, 3.8) is 0 Å². The van der Waals surface area contributed by atoms with Crippen LogP contribution < -0.4 is 11.5 Å². The normalized spacial score (nSPS) is 27.5. The highest BCUT2D eigenvalue weighted by atomic mass is 16.1. The molecule has 0 spiro atoms. The van der Waals surface area contributed by atoms with Gasteiger partial charge in [0.05, 0.1) is 6.54 Å². The molecule has 4 N–H and O–H groups in total. The van der Waals surface area contributed by atoms with Gasteiger partial charge in [-0.25, -0.2) is 0 Å². The topological polar surface area (TPSA) is 72.3 Å². The van der Waals surface area contributed by atoms with Crippen LogP contribution in [0.5, 0.6) is 0 Å². The van der Waals surface area contributed by atoms with Crippen LogP contribution in [0.3, 0.4) is 0 Å². The molecular formula is C10H21N3O. The third-order valence-electron chi connectivity index (χ3n) is 2.92. The first kappa shape index (κ1) is 11.5. The van der Waals surface area contributed by atoms with Gasteiger partial charge in [-0.2, -0.15) is 0 Å². The highest BCUT2D eigenvalue weighted by Crippen LogP contribution is 2.24. The third kappa shape index (κ3) is 2.96. The SMILES string of the molecule is CC(C)N(CC(N)=O)C1CCC(N)C1. The van der Waals surface area contributed by atoms with Crippen molar-refractivity contribution in [1.82, 2.24) is 4.90 Å². The highest BCUT2D eigenvalue weighted by molar-refractivity contribution is 5.76. The summed E-state index contributed by atoms with van der Waals surface area (Å²) in [5.41, 5.74) is 11.1. The summed E-state index contributed by atoms with van der Waals surface area (Å²) in [7, 11) is 0. The van der Waals surface area contributed by atoms with E-state index in [1.54, 1.807) is 0 Å². The van der Waals surface area contributed by atoms with Gasteiger partial charge in [-0.3, -0.25) is 9.69 Å². The summed E-state index contributed by atoms with van der Waals surface area (Å²) in [6, 6.07) is 1.10. The van der Waals surface area contributed by atoms with E-state index >= 15 is 0 Å². The summed E-state index contributed by atoms with van der Waals surface area (Å²) in [5.74, 6) is -0.251. The molecule has 14 heavy (non-hydrogen) atoms. The van der Waals surface area contributed by atoms with Crippen molar-refractivity contribution in [2.24, 2.45) is 11.5 Å². The molecule has 4 heteroatoms. The molecular weight excluding hydrogens is 178 g/mol. The Bertz CT molecular complexity index is 206. The van der Waals surface area contributed by atoms with E-state index in [0.29, 0.717) is 24.7 Å². The average Bonchev–Trinajstić information content (AvgIpc) is 2.46. The predicted molar refractivity (Wildman–Crippen MR) is 56.7 cm³/mol. The van der Waals surface area contributed by atoms with Crippen molar-refractivity contribution in [3.05, 3.63) is 0 Å². The molecule has 0 bridgehead atoms. The second kappa shape index (κ2) is 4.75. The molecule has 1 saturated carbocycles. The molecule has 0 aliphatic heterocycles. The van der Waals surface area contributed by atoms with Crippen LogP contribution in [0.2, 0.25) is 0 Å². The molecule has 0 radical (unpaired) electrons. The number of carbonyl (C=O) groups is 1. The van der Waals surface area contributed by atoms with E-state index in [2.05, 4.69) is 18.7 Å². The average molecular weight is 199 g/mol. The number of hydrogen-bond donors (Lipinski definition) is 2. The molecule has 4 nitrogen and oxygen atoms in total. The van der Waals surface area contributed by atoms with Gasteiger partial charge < -0.3 is 11.5 Å². The first-order valence-corrected chi connectivity index (χ1v) is 5.30. The minimum absolute atomic E-state index is 0.251. The van der Waals surface area contributed by atoms with Crippen LogP contribution in [0.4, 0.5) is 0 Å². The van der Waals surface area contributed by atoms with Crippen molar-refractivity contribution >= 4 is 5.91 Å². The Kier molecular flexibility index (Phi) is 3.89. The van der Waals surface area contributed by atoms with Gasteiger partial charge in [0, 0.05) is 18.1 Å². The van der Waals surface area contributed by atoms with Gasteiger partial charge in [0.15, 0.2) is 0 Å². The number of nitrogens with zero attached hydrogens (tertiary/aromatic N) is 1. The van der Waals surface area contributed by atoms with E-state index in [1.807, 2.05) is 0 Å². The molecule has 1 amide bonds. The molecule has 1 rings (SSSR count). The lowest BCUT2D eigenvalue weighted by atomic mass is 10.1. The number of hydrogen-bond acceptors (Lipinski definition) is 3. The summed E-state index contributed by atoms with van der Waals surface area (Å²) in [6.45, 7) is 4.54. The van der Waals surface area contributed by atoms with Crippen molar-refractivity contribution in [2.45, 2.75) is 51.2 Å². The molecule has 1 aliphatic carbocycles. The van der Waals surface area contributed by atoms with Crippen LogP contribution in [0, 0.1) is 0 Å².